The van der Waals surface area contributed by atoms with E-state index in [2.05, 4.69) is 0 Å². The molecule has 2 aromatic rings. The molecule has 0 aromatic heterocycles. The van der Waals surface area contributed by atoms with E-state index >= 15 is 0 Å². The zero-order valence-corrected chi connectivity index (χ0v) is 11.6. The Bertz CT molecular complexity index is 565. The summed E-state index contributed by atoms with van der Waals surface area (Å²) in [5.74, 6) is 0. The quantitative estimate of drug-likeness (QED) is 0.846. The van der Waals surface area contributed by atoms with E-state index in [0.717, 1.165) is 6.07 Å². The Morgan fingerprint density at radius 1 is 1.00 bits per heavy atom. The molecular formula is C15H15ClF3N. The third kappa shape index (κ3) is 3.52. The largest absolute Gasteiger partial charge is 0.417 e. The van der Waals surface area contributed by atoms with Crippen molar-refractivity contribution in [3.63, 3.8) is 0 Å². The molecule has 0 saturated carbocycles. The predicted molar refractivity (Wildman–Crippen MR) is 76.7 cm³/mol. The second kappa shape index (κ2) is 6.29. The van der Waals surface area contributed by atoms with Crippen molar-refractivity contribution in [1.29, 1.82) is 0 Å². The third-order valence-electron chi connectivity index (χ3n) is 2.96. The smallest absolute Gasteiger partial charge is 0.324 e. The molecule has 1 atom stereocenters. The van der Waals surface area contributed by atoms with Gasteiger partial charge in [0.2, 0.25) is 0 Å². The highest BCUT2D eigenvalue weighted by Crippen LogP contribution is 2.38. The molecular weight excluding hydrogens is 287 g/mol. The second-order valence-electron chi connectivity index (χ2n) is 4.46. The van der Waals surface area contributed by atoms with Crippen LogP contribution < -0.4 is 5.73 Å². The summed E-state index contributed by atoms with van der Waals surface area (Å²) in [6, 6.07) is 12.4. The number of benzene rings is 2. The molecule has 0 aliphatic rings. The maximum absolute atomic E-state index is 13.1. The van der Waals surface area contributed by atoms with Crippen LogP contribution in [-0.4, -0.2) is 0 Å². The number of nitrogens with two attached hydrogens (primary N) is 1. The zero-order chi connectivity index (χ0) is 14.0. The molecule has 2 N–H and O–H groups in total. The lowest BCUT2D eigenvalue weighted by Gasteiger charge is -2.16. The lowest BCUT2D eigenvalue weighted by molar-refractivity contribution is -0.137. The Labute approximate surface area is 122 Å². The first-order chi connectivity index (χ1) is 8.89. The third-order valence-corrected chi connectivity index (χ3v) is 2.96. The van der Waals surface area contributed by atoms with Crippen molar-refractivity contribution in [2.75, 3.05) is 0 Å². The van der Waals surface area contributed by atoms with Crippen molar-refractivity contribution in [2.45, 2.75) is 19.1 Å². The summed E-state index contributed by atoms with van der Waals surface area (Å²) in [5, 5.41) is 0. The second-order valence-corrected chi connectivity index (χ2v) is 4.46. The molecule has 5 heteroatoms. The van der Waals surface area contributed by atoms with Gasteiger partial charge in [0.25, 0.3) is 0 Å². The summed E-state index contributed by atoms with van der Waals surface area (Å²) in [6.45, 7) is 1.66. The highest BCUT2D eigenvalue weighted by Gasteiger charge is 2.34. The molecule has 2 aromatic carbocycles. The molecule has 0 aliphatic heterocycles. The van der Waals surface area contributed by atoms with Crippen molar-refractivity contribution >= 4 is 12.4 Å². The normalized spacial score (nSPS) is 12.7. The van der Waals surface area contributed by atoms with Gasteiger partial charge >= 0.3 is 6.18 Å². The molecule has 1 unspecified atom stereocenters. The summed E-state index contributed by atoms with van der Waals surface area (Å²) in [7, 11) is 0. The fourth-order valence-corrected chi connectivity index (χ4v) is 1.95. The summed E-state index contributed by atoms with van der Waals surface area (Å²) < 4.78 is 39.4. The van der Waals surface area contributed by atoms with E-state index in [9.17, 15) is 13.2 Å². The van der Waals surface area contributed by atoms with Crippen LogP contribution in [0.15, 0.2) is 48.5 Å². The Morgan fingerprint density at radius 2 is 1.60 bits per heavy atom. The number of hydrogen-bond donors (Lipinski definition) is 1. The molecule has 0 saturated heterocycles. The van der Waals surface area contributed by atoms with E-state index in [0.29, 0.717) is 11.1 Å². The van der Waals surface area contributed by atoms with Crippen LogP contribution >= 0.6 is 12.4 Å². The van der Waals surface area contributed by atoms with Crippen LogP contribution in [0.4, 0.5) is 13.2 Å². The summed E-state index contributed by atoms with van der Waals surface area (Å²) in [5.41, 5.74) is 6.21. The fourth-order valence-electron chi connectivity index (χ4n) is 1.95. The van der Waals surface area contributed by atoms with Crippen molar-refractivity contribution in [1.82, 2.24) is 0 Å². The first-order valence-corrected chi connectivity index (χ1v) is 5.92. The molecule has 0 spiro atoms. The molecule has 0 radical (unpaired) electrons. The van der Waals surface area contributed by atoms with Crippen molar-refractivity contribution in [3.05, 3.63) is 59.7 Å². The van der Waals surface area contributed by atoms with E-state index in [1.165, 1.54) is 6.07 Å². The molecule has 108 valence electrons. The Hall–Kier alpha value is -1.52. The Kier molecular flexibility index (Phi) is 5.20. The average Bonchev–Trinajstić information content (AvgIpc) is 2.38. The maximum Gasteiger partial charge on any atom is 0.417 e. The van der Waals surface area contributed by atoms with Gasteiger partial charge in [0, 0.05) is 6.04 Å². The number of alkyl halides is 3. The lowest BCUT2D eigenvalue weighted by Crippen LogP contribution is -2.11. The first kappa shape index (κ1) is 16.5. The maximum atomic E-state index is 13.1. The molecule has 0 heterocycles. The van der Waals surface area contributed by atoms with Gasteiger partial charge in [-0.15, -0.1) is 12.4 Å². The van der Waals surface area contributed by atoms with E-state index in [1.807, 2.05) is 0 Å². The van der Waals surface area contributed by atoms with E-state index in [4.69, 9.17) is 5.73 Å². The highest BCUT2D eigenvalue weighted by atomic mass is 35.5. The molecule has 0 fully saturated rings. The lowest BCUT2D eigenvalue weighted by atomic mass is 9.95. The van der Waals surface area contributed by atoms with Crippen LogP contribution in [0, 0.1) is 0 Å². The van der Waals surface area contributed by atoms with Crippen LogP contribution in [0.5, 0.6) is 0 Å². The topological polar surface area (TPSA) is 26.0 Å². The van der Waals surface area contributed by atoms with Crippen molar-refractivity contribution < 1.29 is 13.2 Å². The molecule has 1 nitrogen and oxygen atoms in total. The van der Waals surface area contributed by atoms with Crippen LogP contribution in [-0.2, 0) is 6.18 Å². The molecule has 0 aliphatic carbocycles. The van der Waals surface area contributed by atoms with Crippen LogP contribution in [0.25, 0.3) is 11.1 Å². The minimum Gasteiger partial charge on any atom is -0.324 e. The van der Waals surface area contributed by atoms with Gasteiger partial charge < -0.3 is 5.73 Å². The summed E-state index contributed by atoms with van der Waals surface area (Å²) >= 11 is 0. The summed E-state index contributed by atoms with van der Waals surface area (Å²) in [4.78, 5) is 0. The van der Waals surface area contributed by atoms with Crippen LogP contribution in [0.1, 0.15) is 24.1 Å². The Balaban J connectivity index is 0.00000200. The molecule has 0 bridgehead atoms. The van der Waals surface area contributed by atoms with Crippen LogP contribution in [0.2, 0.25) is 0 Å². The monoisotopic (exact) mass is 301 g/mol. The number of halogens is 4. The predicted octanol–water partition coefficient (Wildman–Crippen LogP) is 4.81. The Morgan fingerprint density at radius 3 is 2.10 bits per heavy atom. The van der Waals surface area contributed by atoms with E-state index in [1.54, 1.807) is 43.3 Å². The fraction of sp³-hybridized carbons (Fsp3) is 0.200. The van der Waals surface area contributed by atoms with Gasteiger partial charge in [0.1, 0.15) is 0 Å². The van der Waals surface area contributed by atoms with E-state index < -0.39 is 17.8 Å². The average molecular weight is 302 g/mol. The van der Waals surface area contributed by atoms with Gasteiger partial charge in [0.05, 0.1) is 5.56 Å². The van der Waals surface area contributed by atoms with Gasteiger partial charge in [-0.05, 0) is 29.7 Å². The van der Waals surface area contributed by atoms with Gasteiger partial charge in [0.15, 0.2) is 0 Å². The first-order valence-electron chi connectivity index (χ1n) is 5.92. The highest BCUT2D eigenvalue weighted by molar-refractivity contribution is 5.85. The minimum atomic E-state index is -4.39. The van der Waals surface area contributed by atoms with Gasteiger partial charge in [-0.25, -0.2) is 0 Å². The van der Waals surface area contributed by atoms with Gasteiger partial charge in [-0.3, -0.25) is 0 Å². The molecule has 2 rings (SSSR count). The zero-order valence-electron chi connectivity index (χ0n) is 10.8. The van der Waals surface area contributed by atoms with Crippen molar-refractivity contribution in [3.8, 4) is 11.1 Å². The molecule has 20 heavy (non-hydrogen) atoms. The summed E-state index contributed by atoms with van der Waals surface area (Å²) in [6.07, 6.45) is -4.39. The molecule has 0 amide bonds. The van der Waals surface area contributed by atoms with Gasteiger partial charge in [-0.2, -0.15) is 13.2 Å². The van der Waals surface area contributed by atoms with Crippen molar-refractivity contribution in [2.24, 2.45) is 5.73 Å². The van der Waals surface area contributed by atoms with E-state index in [-0.39, 0.29) is 18.0 Å². The SMILES string of the molecule is CC(N)c1ccc(-c2ccccc2)c(C(F)(F)F)c1.Cl. The number of rotatable bonds is 2. The van der Waals surface area contributed by atoms with Crippen LogP contribution in [0.3, 0.4) is 0 Å². The minimum absolute atomic E-state index is 0. The standard InChI is InChI=1S/C15H14F3N.ClH/c1-10(19)12-7-8-13(11-5-3-2-4-6-11)14(9-12)15(16,17)18;/h2-10H,19H2,1H3;1H. The van der Waals surface area contributed by atoms with Gasteiger partial charge in [-0.1, -0.05) is 42.5 Å². The number of hydrogen-bond acceptors (Lipinski definition) is 1.